The summed E-state index contributed by atoms with van der Waals surface area (Å²) < 4.78 is 52.1. The Bertz CT molecular complexity index is 1090. The lowest BCUT2D eigenvalue weighted by Crippen LogP contribution is -2.42. The fourth-order valence-corrected chi connectivity index (χ4v) is 5.00. The number of carbonyl (C=O) groups excluding carboxylic acids is 2. The third-order valence-electron chi connectivity index (χ3n) is 6.63. The molecule has 1 fully saturated rings. The first-order valence-corrected chi connectivity index (χ1v) is 10.7. The molecule has 1 heterocycles. The number of amides is 1. The molecule has 1 saturated carbocycles. The Labute approximate surface area is 187 Å². The van der Waals surface area contributed by atoms with E-state index < -0.39 is 40.6 Å². The highest BCUT2D eigenvalue weighted by atomic mass is 19.4. The number of alkyl halides is 3. The number of halogens is 4. The number of nitrogens with zero attached hydrogens (tertiary/aromatic N) is 1. The van der Waals surface area contributed by atoms with E-state index in [2.05, 4.69) is 10.3 Å². The molecule has 1 aromatic carbocycles. The lowest BCUT2D eigenvalue weighted by atomic mass is 9.57. The minimum Gasteiger partial charge on any atom is -0.511 e. The van der Waals surface area contributed by atoms with Crippen molar-refractivity contribution in [1.82, 2.24) is 4.98 Å². The molecular formula is C24H22F4N2O3. The second kappa shape index (κ2) is 8.61. The van der Waals surface area contributed by atoms with Crippen LogP contribution in [0.15, 0.2) is 53.9 Å². The number of anilines is 1. The highest BCUT2D eigenvalue weighted by molar-refractivity contribution is 6.24. The molecule has 0 radical (unpaired) electrons. The molecule has 9 heteroatoms. The lowest BCUT2D eigenvalue weighted by molar-refractivity contribution is -0.137. The van der Waals surface area contributed by atoms with Gasteiger partial charge in [0.25, 0.3) is 5.91 Å². The van der Waals surface area contributed by atoms with Gasteiger partial charge in [-0.1, -0.05) is 31.4 Å². The maximum atomic E-state index is 13.1. The number of ketones is 1. The van der Waals surface area contributed by atoms with Crippen LogP contribution in [0.25, 0.3) is 0 Å². The van der Waals surface area contributed by atoms with Gasteiger partial charge in [0.1, 0.15) is 23.0 Å². The van der Waals surface area contributed by atoms with Gasteiger partial charge in [0.2, 0.25) is 0 Å². The molecule has 1 spiro atoms. The predicted octanol–water partition coefficient (Wildman–Crippen LogP) is 5.70. The summed E-state index contributed by atoms with van der Waals surface area (Å²) in [6, 6.07) is 6.97. The van der Waals surface area contributed by atoms with E-state index in [4.69, 9.17) is 0 Å². The molecule has 2 N–H and O–H groups in total. The largest absolute Gasteiger partial charge is 0.511 e. The quantitative estimate of drug-likeness (QED) is 0.453. The molecular weight excluding hydrogens is 440 g/mol. The summed E-state index contributed by atoms with van der Waals surface area (Å²) in [6.07, 6.45) is -0.250. The van der Waals surface area contributed by atoms with E-state index in [1.165, 1.54) is 18.2 Å². The monoisotopic (exact) mass is 462 g/mol. The van der Waals surface area contributed by atoms with Crippen LogP contribution in [-0.2, 0) is 15.8 Å². The minimum atomic E-state index is -4.48. The molecule has 4 rings (SSSR count). The van der Waals surface area contributed by atoms with Crippen LogP contribution in [-0.4, -0.2) is 21.8 Å². The summed E-state index contributed by atoms with van der Waals surface area (Å²) >= 11 is 0. The molecule has 2 aliphatic carbocycles. The first kappa shape index (κ1) is 22.9. The summed E-state index contributed by atoms with van der Waals surface area (Å²) in [4.78, 5) is 29.6. The topological polar surface area (TPSA) is 79.3 Å². The van der Waals surface area contributed by atoms with Crippen LogP contribution in [0.2, 0.25) is 0 Å². The Morgan fingerprint density at radius 1 is 1.06 bits per heavy atom. The number of allylic oxidation sites excluding steroid dienone is 1. The van der Waals surface area contributed by atoms with Gasteiger partial charge in [0.05, 0.1) is 11.8 Å². The summed E-state index contributed by atoms with van der Waals surface area (Å²) in [5.41, 5.74) is -1.57. The number of Topliss-reactive ketones (excluding diaryl/α,β-unsaturated/α-hetero) is 1. The van der Waals surface area contributed by atoms with Crippen LogP contribution < -0.4 is 5.32 Å². The zero-order valence-corrected chi connectivity index (χ0v) is 17.6. The first-order valence-electron chi connectivity index (χ1n) is 10.7. The van der Waals surface area contributed by atoms with Crippen molar-refractivity contribution >= 4 is 17.5 Å². The van der Waals surface area contributed by atoms with E-state index in [1.807, 2.05) is 0 Å². The van der Waals surface area contributed by atoms with Crippen molar-refractivity contribution in [2.24, 2.45) is 5.41 Å². The smallest absolute Gasteiger partial charge is 0.416 e. The molecule has 174 valence electrons. The van der Waals surface area contributed by atoms with Gasteiger partial charge in [-0.2, -0.15) is 13.2 Å². The van der Waals surface area contributed by atoms with E-state index in [-0.39, 0.29) is 23.6 Å². The maximum Gasteiger partial charge on any atom is 0.416 e. The van der Waals surface area contributed by atoms with Gasteiger partial charge in [-0.15, -0.1) is 0 Å². The Morgan fingerprint density at radius 2 is 1.73 bits per heavy atom. The fourth-order valence-electron chi connectivity index (χ4n) is 5.00. The third-order valence-corrected chi connectivity index (χ3v) is 6.63. The number of aliphatic hydroxyl groups excluding tert-OH is 1. The average Bonchev–Trinajstić information content (AvgIpc) is 2.78. The number of hydrogen-bond donors (Lipinski definition) is 2. The highest BCUT2D eigenvalue weighted by Crippen LogP contribution is 2.56. The number of nitrogens with one attached hydrogen (secondary N) is 1. The van der Waals surface area contributed by atoms with Crippen molar-refractivity contribution in [1.29, 1.82) is 0 Å². The number of benzene rings is 1. The van der Waals surface area contributed by atoms with E-state index in [0.29, 0.717) is 18.4 Å². The number of carbonyl (C=O) groups is 2. The number of rotatable bonds is 3. The van der Waals surface area contributed by atoms with Crippen molar-refractivity contribution in [3.05, 3.63) is 70.9 Å². The Hall–Kier alpha value is -3.23. The van der Waals surface area contributed by atoms with Crippen LogP contribution in [0.4, 0.5) is 23.4 Å². The summed E-state index contributed by atoms with van der Waals surface area (Å²) in [5.74, 6) is -2.89. The van der Waals surface area contributed by atoms with Gasteiger partial charge >= 0.3 is 6.18 Å². The zero-order valence-electron chi connectivity index (χ0n) is 17.6. The standard InChI is InChI=1S/C24H22F4N2O3/c25-16-8-9-19(29-13-16)30-22(33)20-18(31)12-17(23(21(20)32)10-2-1-3-11-23)14-4-6-15(7-5-14)24(26,27)28/h4-9,13,17,32H,1-3,10-12H2,(H,29,30,33). The predicted molar refractivity (Wildman–Crippen MR) is 112 cm³/mol. The van der Waals surface area contributed by atoms with Crippen molar-refractivity contribution in [2.75, 3.05) is 5.32 Å². The van der Waals surface area contributed by atoms with E-state index in [0.717, 1.165) is 43.7 Å². The Balaban J connectivity index is 1.71. The number of hydrogen-bond acceptors (Lipinski definition) is 4. The van der Waals surface area contributed by atoms with Gasteiger partial charge in [-0.25, -0.2) is 9.37 Å². The van der Waals surface area contributed by atoms with E-state index in [9.17, 15) is 32.3 Å². The van der Waals surface area contributed by atoms with E-state index in [1.54, 1.807) is 0 Å². The van der Waals surface area contributed by atoms with Gasteiger partial charge in [0.15, 0.2) is 5.78 Å². The Kier molecular flexibility index (Phi) is 5.99. The second-order valence-corrected chi connectivity index (χ2v) is 8.56. The summed E-state index contributed by atoms with van der Waals surface area (Å²) in [7, 11) is 0. The van der Waals surface area contributed by atoms with Crippen molar-refractivity contribution in [3.8, 4) is 0 Å². The van der Waals surface area contributed by atoms with Crippen LogP contribution in [0.3, 0.4) is 0 Å². The van der Waals surface area contributed by atoms with Crippen LogP contribution in [0.1, 0.15) is 55.6 Å². The lowest BCUT2D eigenvalue weighted by Gasteiger charge is -2.46. The molecule has 5 nitrogen and oxygen atoms in total. The molecule has 0 bridgehead atoms. The summed E-state index contributed by atoms with van der Waals surface area (Å²) in [6.45, 7) is 0. The average molecular weight is 462 g/mol. The molecule has 0 saturated heterocycles. The fraction of sp³-hybridized carbons (Fsp3) is 0.375. The molecule has 2 aromatic rings. The van der Waals surface area contributed by atoms with E-state index >= 15 is 0 Å². The maximum absolute atomic E-state index is 13.1. The zero-order chi connectivity index (χ0) is 23.8. The molecule has 0 aliphatic heterocycles. The van der Waals surface area contributed by atoms with Crippen LogP contribution in [0, 0.1) is 11.2 Å². The SMILES string of the molecule is O=C1CC(c2ccc(C(F)(F)F)cc2)C2(CCCCC2)C(O)=C1C(=O)Nc1ccc(F)cn1. The molecule has 2 aliphatic rings. The second-order valence-electron chi connectivity index (χ2n) is 8.56. The first-order chi connectivity index (χ1) is 15.6. The third kappa shape index (κ3) is 4.36. The molecule has 1 atom stereocenters. The van der Waals surface area contributed by atoms with Crippen molar-refractivity contribution in [3.63, 3.8) is 0 Å². The van der Waals surface area contributed by atoms with Gasteiger partial charge in [0, 0.05) is 17.8 Å². The van der Waals surface area contributed by atoms with Gasteiger partial charge in [-0.05, 0) is 42.7 Å². The number of aliphatic hydroxyl groups is 1. The molecule has 1 unspecified atom stereocenters. The van der Waals surface area contributed by atoms with Crippen molar-refractivity contribution < 1.29 is 32.3 Å². The normalized spacial score (nSPS) is 20.7. The minimum absolute atomic E-state index is 0.0251. The number of aromatic nitrogens is 1. The molecule has 1 amide bonds. The molecule has 1 aromatic heterocycles. The summed E-state index contributed by atoms with van der Waals surface area (Å²) in [5, 5.41) is 13.7. The van der Waals surface area contributed by atoms with Crippen molar-refractivity contribution in [2.45, 2.75) is 50.6 Å². The molecule has 33 heavy (non-hydrogen) atoms. The number of pyridine rings is 1. The van der Waals surface area contributed by atoms with Crippen LogP contribution in [0.5, 0.6) is 0 Å². The van der Waals surface area contributed by atoms with Crippen LogP contribution >= 0.6 is 0 Å². The highest BCUT2D eigenvalue weighted by Gasteiger charge is 2.51. The Morgan fingerprint density at radius 3 is 2.30 bits per heavy atom. The van der Waals surface area contributed by atoms with Gasteiger partial charge in [-0.3, -0.25) is 9.59 Å². The van der Waals surface area contributed by atoms with Gasteiger partial charge < -0.3 is 10.4 Å².